The topological polar surface area (TPSA) is 19.0 Å². The van der Waals surface area contributed by atoms with Crippen LogP contribution in [0.25, 0.3) is 10.9 Å². The lowest BCUT2D eigenvalue weighted by Crippen LogP contribution is -2.50. The first-order chi connectivity index (χ1) is 12.3. The van der Waals surface area contributed by atoms with Gasteiger partial charge in [-0.2, -0.15) is 23.5 Å². The fourth-order valence-electron chi connectivity index (χ4n) is 5.23. The van der Waals surface area contributed by atoms with Crippen LogP contribution >= 0.6 is 23.5 Å². The number of H-pyrrole nitrogens is 1. The van der Waals surface area contributed by atoms with Crippen LogP contribution in [0.3, 0.4) is 0 Å². The number of nitrogens with zero attached hydrogens (tertiary/aromatic N) is 1. The fourth-order valence-corrected chi connectivity index (χ4v) is 6.48. The van der Waals surface area contributed by atoms with E-state index in [1.807, 2.05) is 23.5 Å². The van der Waals surface area contributed by atoms with Gasteiger partial charge in [0, 0.05) is 40.9 Å². The predicted octanol–water partition coefficient (Wildman–Crippen LogP) is 5.13. The largest absolute Gasteiger partial charge is 0.357 e. The SMILES string of the molecule is CCCN1CC(CSC)C[C@@H]2c3cccc4[nH]c(CSC)c(c34)C[C@H]21. The normalized spacial score (nSPS) is 26.1. The van der Waals surface area contributed by atoms with Gasteiger partial charge in [-0.25, -0.2) is 0 Å². The Morgan fingerprint density at radius 3 is 2.88 bits per heavy atom. The molecule has 1 aliphatic heterocycles. The van der Waals surface area contributed by atoms with Crippen LogP contribution in [-0.2, 0) is 12.2 Å². The highest BCUT2D eigenvalue weighted by Crippen LogP contribution is 2.46. The average molecular weight is 375 g/mol. The summed E-state index contributed by atoms with van der Waals surface area (Å²) >= 11 is 3.95. The zero-order valence-corrected chi connectivity index (χ0v) is 17.3. The van der Waals surface area contributed by atoms with E-state index in [9.17, 15) is 0 Å². The molecule has 4 heteroatoms. The van der Waals surface area contributed by atoms with Crippen molar-refractivity contribution < 1.29 is 0 Å². The third-order valence-electron chi connectivity index (χ3n) is 6.08. The molecular formula is C21H30N2S2. The molecule has 2 nitrogen and oxygen atoms in total. The van der Waals surface area contributed by atoms with Crippen LogP contribution in [0, 0.1) is 5.92 Å². The van der Waals surface area contributed by atoms with Crippen LogP contribution in [0.5, 0.6) is 0 Å². The number of piperidine rings is 1. The highest BCUT2D eigenvalue weighted by atomic mass is 32.2. The van der Waals surface area contributed by atoms with Crippen LogP contribution in [0.4, 0.5) is 0 Å². The first-order valence-electron chi connectivity index (χ1n) is 9.61. The standard InChI is InChI=1S/C21H30N2S2/c1-4-8-23-11-14(12-24-2)9-16-15-6-5-7-18-21(15)17(10-20(16)23)19(22-18)13-25-3/h5-7,14,16,20,22H,4,8-13H2,1-3H3/t14?,16-,20-/m1/s1. The van der Waals surface area contributed by atoms with Crippen LogP contribution in [0.1, 0.15) is 42.5 Å². The van der Waals surface area contributed by atoms with Crippen molar-refractivity contribution in [2.24, 2.45) is 5.92 Å². The summed E-state index contributed by atoms with van der Waals surface area (Å²) in [6, 6.07) is 7.67. The summed E-state index contributed by atoms with van der Waals surface area (Å²) in [6.45, 7) is 4.88. The monoisotopic (exact) mass is 374 g/mol. The molecule has 2 aliphatic rings. The minimum atomic E-state index is 0.701. The maximum Gasteiger partial charge on any atom is 0.0462 e. The number of hydrogen-bond acceptors (Lipinski definition) is 3. The van der Waals surface area contributed by atoms with E-state index in [1.165, 1.54) is 49.3 Å². The zero-order valence-electron chi connectivity index (χ0n) is 15.7. The Morgan fingerprint density at radius 1 is 1.24 bits per heavy atom. The lowest BCUT2D eigenvalue weighted by atomic mass is 9.72. The lowest BCUT2D eigenvalue weighted by Gasteiger charge is -2.47. The van der Waals surface area contributed by atoms with E-state index in [2.05, 4.69) is 47.5 Å². The Bertz CT molecular complexity index is 739. The molecule has 2 heterocycles. The van der Waals surface area contributed by atoms with Gasteiger partial charge in [0.2, 0.25) is 0 Å². The van der Waals surface area contributed by atoms with E-state index in [0.717, 1.165) is 11.7 Å². The molecule has 1 fully saturated rings. The van der Waals surface area contributed by atoms with E-state index in [4.69, 9.17) is 0 Å². The Hall–Kier alpha value is -0.580. The minimum absolute atomic E-state index is 0.701. The summed E-state index contributed by atoms with van der Waals surface area (Å²) in [7, 11) is 0. The van der Waals surface area contributed by atoms with Crippen molar-refractivity contribution in [1.82, 2.24) is 9.88 Å². The van der Waals surface area contributed by atoms with Crippen molar-refractivity contribution in [2.45, 2.75) is 43.9 Å². The lowest BCUT2D eigenvalue weighted by molar-refractivity contribution is 0.0925. The van der Waals surface area contributed by atoms with Gasteiger partial charge in [-0.3, -0.25) is 4.90 Å². The fraction of sp³-hybridized carbons (Fsp3) is 0.619. The highest BCUT2D eigenvalue weighted by Gasteiger charge is 2.40. The second kappa shape index (κ2) is 7.58. The second-order valence-corrected chi connectivity index (χ2v) is 9.49. The van der Waals surface area contributed by atoms with Gasteiger partial charge in [-0.1, -0.05) is 19.1 Å². The van der Waals surface area contributed by atoms with Crippen molar-refractivity contribution in [3.8, 4) is 0 Å². The summed E-state index contributed by atoms with van der Waals surface area (Å²) < 4.78 is 0. The van der Waals surface area contributed by atoms with Crippen molar-refractivity contribution in [2.75, 3.05) is 31.4 Å². The van der Waals surface area contributed by atoms with Gasteiger partial charge < -0.3 is 4.98 Å². The smallest absolute Gasteiger partial charge is 0.0462 e. The van der Waals surface area contributed by atoms with Gasteiger partial charge in [-0.15, -0.1) is 0 Å². The van der Waals surface area contributed by atoms with Crippen LogP contribution < -0.4 is 0 Å². The molecule has 25 heavy (non-hydrogen) atoms. The molecular weight excluding hydrogens is 344 g/mol. The summed E-state index contributed by atoms with van der Waals surface area (Å²) in [5.41, 5.74) is 6.07. The van der Waals surface area contributed by atoms with Crippen molar-refractivity contribution in [3.05, 3.63) is 35.0 Å². The van der Waals surface area contributed by atoms with E-state index >= 15 is 0 Å². The Morgan fingerprint density at radius 2 is 2.12 bits per heavy atom. The molecule has 1 N–H and O–H groups in total. The van der Waals surface area contributed by atoms with Crippen molar-refractivity contribution in [1.29, 1.82) is 0 Å². The molecule has 4 rings (SSSR count). The number of nitrogens with one attached hydrogen (secondary N) is 1. The molecule has 1 aliphatic carbocycles. The van der Waals surface area contributed by atoms with Gasteiger partial charge in [-0.05, 0) is 67.2 Å². The van der Waals surface area contributed by atoms with Crippen molar-refractivity contribution in [3.63, 3.8) is 0 Å². The molecule has 1 saturated heterocycles. The molecule has 0 spiro atoms. The van der Waals surface area contributed by atoms with Gasteiger partial charge in [0.1, 0.15) is 0 Å². The maximum atomic E-state index is 3.75. The molecule has 0 saturated carbocycles. The third kappa shape index (κ3) is 3.15. The Kier molecular flexibility index (Phi) is 5.40. The average Bonchev–Trinajstić information content (AvgIpc) is 2.96. The number of benzene rings is 1. The number of likely N-dealkylation sites (tertiary alicyclic amines) is 1. The summed E-state index contributed by atoms with van der Waals surface area (Å²) in [5.74, 6) is 3.96. The van der Waals surface area contributed by atoms with Crippen LogP contribution in [0.2, 0.25) is 0 Å². The highest BCUT2D eigenvalue weighted by molar-refractivity contribution is 7.98. The number of hydrogen-bond donors (Lipinski definition) is 1. The van der Waals surface area contributed by atoms with Gasteiger partial charge in [0.05, 0.1) is 0 Å². The molecule has 0 amide bonds. The Labute approximate surface area is 160 Å². The summed E-state index contributed by atoms with van der Waals surface area (Å²) in [5, 5.41) is 1.56. The van der Waals surface area contributed by atoms with E-state index in [0.29, 0.717) is 12.0 Å². The quantitative estimate of drug-likeness (QED) is 0.756. The van der Waals surface area contributed by atoms with E-state index in [-0.39, 0.29) is 0 Å². The first kappa shape index (κ1) is 17.8. The van der Waals surface area contributed by atoms with Crippen LogP contribution in [0.15, 0.2) is 18.2 Å². The third-order valence-corrected chi connectivity index (χ3v) is 7.46. The first-order valence-corrected chi connectivity index (χ1v) is 12.4. The summed E-state index contributed by atoms with van der Waals surface area (Å²) in [6.07, 6.45) is 8.34. The molecule has 1 aromatic carbocycles. The number of aromatic amines is 1. The number of fused-ring (bicyclic) bond motifs is 2. The summed E-state index contributed by atoms with van der Waals surface area (Å²) in [4.78, 5) is 6.57. The van der Waals surface area contributed by atoms with Crippen molar-refractivity contribution >= 4 is 34.4 Å². The predicted molar refractivity (Wildman–Crippen MR) is 114 cm³/mol. The number of thioether (sulfide) groups is 2. The molecule has 1 unspecified atom stereocenters. The maximum absolute atomic E-state index is 3.75. The molecule has 0 bridgehead atoms. The minimum Gasteiger partial charge on any atom is -0.357 e. The molecule has 2 aromatic rings. The number of aromatic nitrogens is 1. The van der Waals surface area contributed by atoms with E-state index < -0.39 is 0 Å². The second-order valence-electron chi connectivity index (χ2n) is 7.71. The number of rotatable bonds is 6. The van der Waals surface area contributed by atoms with Gasteiger partial charge in [0.15, 0.2) is 0 Å². The molecule has 3 atom stereocenters. The van der Waals surface area contributed by atoms with E-state index in [1.54, 1.807) is 16.5 Å². The Balaban J connectivity index is 1.78. The zero-order chi connectivity index (χ0) is 17.4. The van der Waals surface area contributed by atoms with Gasteiger partial charge in [0.25, 0.3) is 0 Å². The van der Waals surface area contributed by atoms with Gasteiger partial charge >= 0.3 is 0 Å². The molecule has 0 radical (unpaired) electrons. The van der Waals surface area contributed by atoms with Crippen LogP contribution in [-0.4, -0.2) is 47.3 Å². The molecule has 136 valence electrons. The molecule has 1 aromatic heterocycles.